The molecule has 1 saturated heterocycles. The van der Waals surface area contributed by atoms with Gasteiger partial charge in [0.2, 0.25) is 5.91 Å². The van der Waals surface area contributed by atoms with Gasteiger partial charge in [0.05, 0.1) is 6.26 Å². The van der Waals surface area contributed by atoms with Gasteiger partial charge in [-0.25, -0.2) is 0 Å². The predicted molar refractivity (Wildman–Crippen MR) is 84.3 cm³/mol. The second-order valence-corrected chi connectivity index (χ2v) is 5.08. The molecule has 1 aromatic heterocycles. The van der Waals surface area contributed by atoms with Crippen LogP contribution in [0.4, 0.5) is 11.4 Å². The Labute approximate surface area is 124 Å². The third kappa shape index (κ3) is 3.54. The number of amides is 1. The largest absolute Gasteiger partial charge is 0.465 e. The van der Waals surface area contributed by atoms with Crippen LogP contribution in [0.25, 0.3) is 6.08 Å². The normalized spacial score (nSPS) is 14.8. The van der Waals surface area contributed by atoms with Gasteiger partial charge in [-0.2, -0.15) is 0 Å². The maximum Gasteiger partial charge on any atom is 0.248 e. The lowest BCUT2D eigenvalue weighted by atomic mass is 10.2. The van der Waals surface area contributed by atoms with Crippen LogP contribution in [-0.2, 0) is 4.79 Å². The Morgan fingerprint density at radius 2 is 2.05 bits per heavy atom. The Morgan fingerprint density at radius 3 is 2.81 bits per heavy atom. The average molecular weight is 282 g/mol. The lowest BCUT2D eigenvalue weighted by molar-refractivity contribution is -0.111. The highest BCUT2D eigenvalue weighted by Crippen LogP contribution is 2.23. The van der Waals surface area contributed by atoms with Crippen molar-refractivity contribution < 1.29 is 9.21 Å². The zero-order valence-electron chi connectivity index (χ0n) is 11.8. The molecule has 1 aliphatic rings. The molecule has 1 aromatic carbocycles. The first kappa shape index (κ1) is 13.5. The summed E-state index contributed by atoms with van der Waals surface area (Å²) in [5.41, 5.74) is 1.98. The number of nitrogens with one attached hydrogen (secondary N) is 1. The minimum Gasteiger partial charge on any atom is -0.465 e. The van der Waals surface area contributed by atoms with Crippen LogP contribution in [0.3, 0.4) is 0 Å². The molecule has 0 atom stereocenters. The van der Waals surface area contributed by atoms with Crippen molar-refractivity contribution in [3.8, 4) is 0 Å². The lowest BCUT2D eigenvalue weighted by Crippen LogP contribution is -2.17. The van der Waals surface area contributed by atoms with E-state index in [0.29, 0.717) is 5.76 Å². The SMILES string of the molecule is O=C(/C=C/c1ccco1)Nc1cccc(N2CCCC2)c1. The molecule has 0 unspecified atom stereocenters. The van der Waals surface area contributed by atoms with E-state index in [9.17, 15) is 4.79 Å². The maximum atomic E-state index is 11.9. The van der Waals surface area contributed by atoms with Crippen molar-refractivity contribution in [3.05, 3.63) is 54.5 Å². The molecule has 1 amide bonds. The Kier molecular flexibility index (Phi) is 4.05. The summed E-state index contributed by atoms with van der Waals surface area (Å²) in [6, 6.07) is 11.6. The van der Waals surface area contributed by atoms with Crippen LogP contribution >= 0.6 is 0 Å². The fourth-order valence-electron chi connectivity index (χ4n) is 2.48. The van der Waals surface area contributed by atoms with E-state index >= 15 is 0 Å². The van der Waals surface area contributed by atoms with Gasteiger partial charge in [-0.05, 0) is 49.2 Å². The molecule has 2 aromatic rings. The topological polar surface area (TPSA) is 45.5 Å². The number of furan rings is 1. The monoisotopic (exact) mass is 282 g/mol. The van der Waals surface area contributed by atoms with Gasteiger partial charge in [-0.1, -0.05) is 6.07 Å². The van der Waals surface area contributed by atoms with Crippen molar-refractivity contribution in [1.82, 2.24) is 0 Å². The summed E-state index contributed by atoms with van der Waals surface area (Å²) in [5, 5.41) is 2.87. The Balaban J connectivity index is 1.64. The highest BCUT2D eigenvalue weighted by atomic mass is 16.3. The number of carbonyl (C=O) groups is 1. The van der Waals surface area contributed by atoms with Crippen molar-refractivity contribution in [2.24, 2.45) is 0 Å². The first-order valence-electron chi connectivity index (χ1n) is 7.19. The molecular formula is C17H18N2O2. The average Bonchev–Trinajstić information content (AvgIpc) is 3.19. The first-order chi connectivity index (χ1) is 10.3. The number of benzene rings is 1. The van der Waals surface area contributed by atoms with Crippen molar-refractivity contribution >= 4 is 23.4 Å². The minimum absolute atomic E-state index is 0.162. The molecule has 0 saturated carbocycles. The van der Waals surface area contributed by atoms with Crippen LogP contribution in [0.1, 0.15) is 18.6 Å². The van der Waals surface area contributed by atoms with Gasteiger partial charge < -0.3 is 14.6 Å². The maximum absolute atomic E-state index is 11.9. The second-order valence-electron chi connectivity index (χ2n) is 5.08. The van der Waals surface area contributed by atoms with Gasteiger partial charge in [0.25, 0.3) is 0 Å². The second kappa shape index (κ2) is 6.31. The molecule has 1 aliphatic heterocycles. The van der Waals surface area contributed by atoms with Crippen LogP contribution in [0.15, 0.2) is 53.2 Å². The first-order valence-corrected chi connectivity index (χ1v) is 7.19. The molecule has 2 heterocycles. The molecule has 4 heteroatoms. The van der Waals surface area contributed by atoms with Crippen LogP contribution in [0, 0.1) is 0 Å². The fraction of sp³-hybridized carbons (Fsp3) is 0.235. The summed E-state index contributed by atoms with van der Waals surface area (Å²) in [6.07, 6.45) is 7.18. The van der Waals surface area contributed by atoms with Crippen LogP contribution in [-0.4, -0.2) is 19.0 Å². The zero-order valence-corrected chi connectivity index (χ0v) is 11.8. The number of hydrogen-bond donors (Lipinski definition) is 1. The van der Waals surface area contributed by atoms with E-state index < -0.39 is 0 Å². The Hall–Kier alpha value is -2.49. The summed E-state index contributed by atoms with van der Waals surface area (Å²) in [6.45, 7) is 2.19. The molecule has 1 N–H and O–H groups in total. The van der Waals surface area contributed by atoms with Gasteiger partial charge in [0.1, 0.15) is 5.76 Å². The summed E-state index contributed by atoms with van der Waals surface area (Å²) >= 11 is 0. The number of carbonyl (C=O) groups excluding carboxylic acids is 1. The van der Waals surface area contributed by atoms with E-state index in [4.69, 9.17) is 4.42 Å². The lowest BCUT2D eigenvalue weighted by Gasteiger charge is -2.18. The third-order valence-electron chi connectivity index (χ3n) is 3.53. The van der Waals surface area contributed by atoms with E-state index in [0.717, 1.165) is 18.8 Å². The number of anilines is 2. The van der Waals surface area contributed by atoms with E-state index in [1.807, 2.05) is 18.2 Å². The molecule has 0 bridgehead atoms. The van der Waals surface area contributed by atoms with Crippen molar-refractivity contribution in [2.75, 3.05) is 23.3 Å². The van der Waals surface area contributed by atoms with Crippen LogP contribution in [0.2, 0.25) is 0 Å². The van der Waals surface area contributed by atoms with Crippen LogP contribution in [0.5, 0.6) is 0 Å². The van der Waals surface area contributed by atoms with E-state index in [1.165, 1.54) is 24.6 Å². The number of rotatable bonds is 4. The summed E-state index contributed by atoms with van der Waals surface area (Å²) in [4.78, 5) is 14.2. The third-order valence-corrected chi connectivity index (χ3v) is 3.53. The van der Waals surface area contributed by atoms with Gasteiger partial charge in [0.15, 0.2) is 0 Å². The molecule has 21 heavy (non-hydrogen) atoms. The van der Waals surface area contributed by atoms with Crippen molar-refractivity contribution in [1.29, 1.82) is 0 Å². The fourth-order valence-corrected chi connectivity index (χ4v) is 2.48. The molecule has 0 aliphatic carbocycles. The molecule has 4 nitrogen and oxygen atoms in total. The molecule has 0 radical (unpaired) electrons. The standard InChI is InChI=1S/C17H18N2O2/c20-17(9-8-16-7-4-12-21-16)18-14-5-3-6-15(13-14)19-10-1-2-11-19/h3-9,12-13H,1-2,10-11H2,(H,18,20)/b9-8+. The van der Waals surface area contributed by atoms with Gasteiger partial charge in [-0.3, -0.25) is 4.79 Å². The summed E-state index contributed by atoms with van der Waals surface area (Å²) in [7, 11) is 0. The van der Waals surface area contributed by atoms with E-state index in [1.54, 1.807) is 24.5 Å². The predicted octanol–water partition coefficient (Wildman–Crippen LogP) is 3.53. The van der Waals surface area contributed by atoms with Crippen molar-refractivity contribution in [2.45, 2.75) is 12.8 Å². The number of hydrogen-bond acceptors (Lipinski definition) is 3. The molecule has 0 spiro atoms. The highest BCUT2D eigenvalue weighted by Gasteiger charge is 2.12. The quantitative estimate of drug-likeness (QED) is 0.872. The highest BCUT2D eigenvalue weighted by molar-refractivity contribution is 6.02. The van der Waals surface area contributed by atoms with Crippen molar-refractivity contribution in [3.63, 3.8) is 0 Å². The van der Waals surface area contributed by atoms with Crippen LogP contribution < -0.4 is 10.2 Å². The van der Waals surface area contributed by atoms with Gasteiger partial charge in [0, 0.05) is 30.5 Å². The molecule has 3 rings (SSSR count). The Morgan fingerprint density at radius 1 is 1.19 bits per heavy atom. The summed E-state index contributed by atoms with van der Waals surface area (Å²) < 4.78 is 5.15. The summed E-state index contributed by atoms with van der Waals surface area (Å²) in [5.74, 6) is 0.501. The molecule has 1 fully saturated rings. The molecular weight excluding hydrogens is 264 g/mol. The molecule has 108 valence electrons. The van der Waals surface area contributed by atoms with Gasteiger partial charge >= 0.3 is 0 Å². The van der Waals surface area contributed by atoms with E-state index in [-0.39, 0.29) is 5.91 Å². The van der Waals surface area contributed by atoms with Gasteiger partial charge in [-0.15, -0.1) is 0 Å². The zero-order chi connectivity index (χ0) is 14.5. The Bertz CT molecular complexity index is 626. The minimum atomic E-state index is -0.162. The number of nitrogens with zero attached hydrogens (tertiary/aromatic N) is 1. The van der Waals surface area contributed by atoms with E-state index in [2.05, 4.69) is 16.3 Å². The smallest absolute Gasteiger partial charge is 0.248 e.